The van der Waals surface area contributed by atoms with Crippen molar-refractivity contribution in [3.63, 3.8) is 0 Å². The number of anilines is 1. The molecule has 4 aromatic carbocycles. The van der Waals surface area contributed by atoms with Gasteiger partial charge in [-0.15, -0.1) is 0 Å². The number of hydrogen-bond donors (Lipinski definition) is 3. The van der Waals surface area contributed by atoms with Crippen molar-refractivity contribution >= 4 is 17.7 Å². The van der Waals surface area contributed by atoms with Gasteiger partial charge in [-0.1, -0.05) is 12.1 Å². The smallest absolute Gasteiger partial charge is 0.338 e. The summed E-state index contributed by atoms with van der Waals surface area (Å²) in [7, 11) is 0. The van der Waals surface area contributed by atoms with Crippen LogP contribution in [-0.4, -0.2) is 40.2 Å². The van der Waals surface area contributed by atoms with Gasteiger partial charge in [-0.3, -0.25) is 0 Å². The van der Waals surface area contributed by atoms with Crippen molar-refractivity contribution in [2.75, 3.05) is 18.4 Å². The first-order valence-electron chi connectivity index (χ1n) is 12.9. The summed E-state index contributed by atoms with van der Waals surface area (Å²) in [5.41, 5.74) is -0.878. The molecule has 11 heteroatoms. The van der Waals surface area contributed by atoms with Crippen molar-refractivity contribution in [3.8, 4) is 23.0 Å². The second kappa shape index (κ2) is 11.8. The van der Waals surface area contributed by atoms with Crippen LogP contribution in [0.15, 0.2) is 84.9 Å². The van der Waals surface area contributed by atoms with Crippen LogP contribution in [0.2, 0.25) is 0 Å². The van der Waals surface area contributed by atoms with E-state index in [4.69, 9.17) is 14.6 Å². The summed E-state index contributed by atoms with van der Waals surface area (Å²) in [6, 6.07) is 18.1. The second-order valence-electron chi connectivity index (χ2n) is 9.75. The first-order chi connectivity index (χ1) is 20.1. The minimum absolute atomic E-state index is 0.00446. The number of likely N-dealkylation sites (tertiary alicyclic amines) is 1. The lowest BCUT2D eigenvalue weighted by Crippen LogP contribution is -2.46. The molecule has 42 heavy (non-hydrogen) atoms. The molecular weight excluding hydrogens is 553 g/mol. The maximum atomic E-state index is 14.2. The van der Waals surface area contributed by atoms with Gasteiger partial charge in [0.15, 0.2) is 0 Å². The van der Waals surface area contributed by atoms with E-state index in [2.05, 4.69) is 5.32 Å². The quantitative estimate of drug-likeness (QED) is 0.220. The average molecular weight is 579 g/mol. The highest BCUT2D eigenvalue weighted by molar-refractivity contribution is 5.90. The van der Waals surface area contributed by atoms with Crippen LogP contribution in [0.25, 0.3) is 0 Å². The predicted octanol–water partition coefficient (Wildman–Crippen LogP) is 6.90. The Labute approximate surface area is 238 Å². The summed E-state index contributed by atoms with van der Waals surface area (Å²) in [6.45, 7) is 0.452. The third-order valence-electron chi connectivity index (χ3n) is 6.85. The molecule has 1 heterocycles. The molecule has 0 radical (unpaired) electrons. The molecule has 0 unspecified atom stereocenters. The molecule has 1 fully saturated rings. The molecule has 2 amide bonds. The highest BCUT2D eigenvalue weighted by Crippen LogP contribution is 2.35. The van der Waals surface area contributed by atoms with Gasteiger partial charge in [-0.25, -0.2) is 22.8 Å². The van der Waals surface area contributed by atoms with E-state index in [1.54, 1.807) is 0 Å². The lowest BCUT2D eigenvalue weighted by atomic mass is 9.84. The topological polar surface area (TPSA) is 108 Å². The standard InChI is InChI=1S/C31H25F3N2O6/c32-20-3-1-19(2-4-20)31(40)11-13-36(14-12-31)30(39)35-22-15-25(41-23-7-5-21(33)6-8-23)17-26(16-22)42-24-9-10-27(29(37)38)28(34)18-24/h1-10,15-18,40H,11-14H2,(H,35,39)(H,37,38). The molecule has 4 aromatic rings. The van der Waals surface area contributed by atoms with Crippen LogP contribution in [0.4, 0.5) is 23.7 Å². The Hall–Kier alpha value is -5.03. The van der Waals surface area contributed by atoms with Gasteiger partial charge in [0.25, 0.3) is 0 Å². The van der Waals surface area contributed by atoms with E-state index in [0.29, 0.717) is 11.3 Å². The molecule has 1 aliphatic rings. The molecule has 216 valence electrons. The Bertz CT molecular complexity index is 1600. The number of urea groups is 1. The highest BCUT2D eigenvalue weighted by Gasteiger charge is 2.35. The summed E-state index contributed by atoms with van der Waals surface area (Å²) >= 11 is 0. The van der Waals surface area contributed by atoms with Crippen LogP contribution in [0.3, 0.4) is 0 Å². The summed E-state index contributed by atoms with van der Waals surface area (Å²) in [5.74, 6) is -2.62. The number of aliphatic hydroxyl groups is 1. The van der Waals surface area contributed by atoms with E-state index in [1.165, 1.54) is 77.7 Å². The van der Waals surface area contributed by atoms with E-state index in [1.807, 2.05) is 0 Å². The van der Waals surface area contributed by atoms with Crippen LogP contribution in [0.5, 0.6) is 23.0 Å². The number of hydrogen-bond acceptors (Lipinski definition) is 5. The monoisotopic (exact) mass is 578 g/mol. The molecule has 1 aliphatic heterocycles. The average Bonchev–Trinajstić information content (AvgIpc) is 2.94. The third kappa shape index (κ3) is 6.64. The number of ether oxygens (including phenoxy) is 2. The maximum Gasteiger partial charge on any atom is 0.338 e. The number of piperidine rings is 1. The minimum Gasteiger partial charge on any atom is -0.478 e. The Morgan fingerprint density at radius 1 is 0.738 bits per heavy atom. The number of aromatic carboxylic acids is 1. The number of carbonyl (C=O) groups is 2. The van der Waals surface area contributed by atoms with E-state index in [9.17, 15) is 27.9 Å². The number of carbonyl (C=O) groups excluding carboxylic acids is 1. The number of carboxylic acid groups (broad SMARTS) is 1. The van der Waals surface area contributed by atoms with Crippen molar-refractivity contribution in [1.29, 1.82) is 0 Å². The number of rotatable bonds is 7. The number of carboxylic acids is 1. The van der Waals surface area contributed by atoms with Crippen LogP contribution < -0.4 is 14.8 Å². The van der Waals surface area contributed by atoms with Gasteiger partial charge in [0.2, 0.25) is 0 Å². The zero-order chi connectivity index (χ0) is 29.9. The molecule has 0 saturated carbocycles. The van der Waals surface area contributed by atoms with Gasteiger partial charge in [0.1, 0.15) is 40.4 Å². The van der Waals surface area contributed by atoms with Crippen molar-refractivity contribution in [2.24, 2.45) is 0 Å². The second-order valence-corrected chi connectivity index (χ2v) is 9.75. The molecule has 3 N–H and O–H groups in total. The van der Waals surface area contributed by atoms with Crippen molar-refractivity contribution in [1.82, 2.24) is 4.90 Å². The molecule has 0 spiro atoms. The highest BCUT2D eigenvalue weighted by atomic mass is 19.1. The van der Waals surface area contributed by atoms with E-state index < -0.39 is 40.6 Å². The van der Waals surface area contributed by atoms with Crippen LogP contribution in [0, 0.1) is 17.5 Å². The zero-order valence-corrected chi connectivity index (χ0v) is 22.0. The number of benzene rings is 4. The first-order valence-corrected chi connectivity index (χ1v) is 12.9. The van der Waals surface area contributed by atoms with E-state index >= 15 is 0 Å². The van der Waals surface area contributed by atoms with Crippen LogP contribution in [-0.2, 0) is 5.60 Å². The summed E-state index contributed by atoms with van der Waals surface area (Å²) in [6.07, 6.45) is 0.484. The van der Waals surface area contributed by atoms with Gasteiger partial charge in [0, 0.05) is 43.0 Å². The third-order valence-corrected chi connectivity index (χ3v) is 6.85. The van der Waals surface area contributed by atoms with Gasteiger partial charge in [-0.2, -0.15) is 0 Å². The molecule has 0 aliphatic carbocycles. The fraction of sp³-hybridized carbons (Fsp3) is 0.161. The lowest BCUT2D eigenvalue weighted by Gasteiger charge is -2.38. The molecule has 0 aromatic heterocycles. The normalized spacial score (nSPS) is 14.2. The van der Waals surface area contributed by atoms with Crippen molar-refractivity contribution in [2.45, 2.75) is 18.4 Å². The fourth-order valence-electron chi connectivity index (χ4n) is 4.60. The minimum atomic E-state index is -1.42. The predicted molar refractivity (Wildman–Crippen MR) is 146 cm³/mol. The number of nitrogens with one attached hydrogen (secondary N) is 1. The Balaban J connectivity index is 1.34. The largest absolute Gasteiger partial charge is 0.478 e. The summed E-state index contributed by atoms with van der Waals surface area (Å²) < 4.78 is 52.5. The summed E-state index contributed by atoms with van der Waals surface area (Å²) in [5, 5.41) is 22.9. The Morgan fingerprint density at radius 3 is 1.86 bits per heavy atom. The molecule has 0 bridgehead atoms. The van der Waals surface area contributed by atoms with Crippen LogP contribution in [0.1, 0.15) is 28.8 Å². The molecule has 8 nitrogen and oxygen atoms in total. The number of nitrogens with zero attached hydrogens (tertiary/aromatic N) is 1. The van der Waals surface area contributed by atoms with Gasteiger partial charge >= 0.3 is 12.0 Å². The molecular formula is C31H25F3N2O6. The molecule has 0 atom stereocenters. The van der Waals surface area contributed by atoms with E-state index in [-0.39, 0.29) is 48.9 Å². The fourth-order valence-corrected chi connectivity index (χ4v) is 4.60. The van der Waals surface area contributed by atoms with Crippen molar-refractivity contribution < 1.29 is 42.4 Å². The Morgan fingerprint density at radius 2 is 1.29 bits per heavy atom. The number of halogens is 3. The maximum absolute atomic E-state index is 14.2. The zero-order valence-electron chi connectivity index (χ0n) is 22.0. The van der Waals surface area contributed by atoms with Gasteiger partial charge < -0.3 is 29.9 Å². The van der Waals surface area contributed by atoms with Gasteiger partial charge in [0.05, 0.1) is 11.2 Å². The van der Waals surface area contributed by atoms with Crippen LogP contribution >= 0.6 is 0 Å². The van der Waals surface area contributed by atoms with Gasteiger partial charge in [-0.05, 0) is 66.9 Å². The summed E-state index contributed by atoms with van der Waals surface area (Å²) in [4.78, 5) is 25.8. The molecule has 5 rings (SSSR count). The Kier molecular flexibility index (Phi) is 8.03. The number of amides is 2. The SMILES string of the molecule is O=C(O)c1ccc(Oc2cc(NC(=O)N3CCC(O)(c4ccc(F)cc4)CC3)cc(Oc3ccc(F)cc3)c2)cc1F. The first kappa shape index (κ1) is 28.5. The molecule has 1 saturated heterocycles. The van der Waals surface area contributed by atoms with Crippen molar-refractivity contribution in [3.05, 3.63) is 114 Å². The lowest BCUT2D eigenvalue weighted by molar-refractivity contribution is -0.0157. The van der Waals surface area contributed by atoms with E-state index in [0.717, 1.165) is 12.1 Å².